The van der Waals surface area contributed by atoms with E-state index in [1.807, 2.05) is 42.5 Å². The molecule has 1 heterocycles. The van der Waals surface area contributed by atoms with Crippen LogP contribution < -0.4 is 27.4 Å². The van der Waals surface area contributed by atoms with Crippen LogP contribution in [0.15, 0.2) is 66.7 Å². The molecule has 1 fully saturated rings. The smallest absolute Gasteiger partial charge is 0.248 e. The summed E-state index contributed by atoms with van der Waals surface area (Å²) in [6.45, 7) is 0.558. The van der Waals surface area contributed by atoms with E-state index in [2.05, 4.69) is 16.0 Å². The molecule has 4 rings (SSSR count). The minimum absolute atomic E-state index is 0.143. The second-order valence-corrected chi connectivity index (χ2v) is 10.6. The summed E-state index contributed by atoms with van der Waals surface area (Å²) in [4.78, 5) is 65.2. The van der Waals surface area contributed by atoms with Gasteiger partial charge in [-0.25, -0.2) is 0 Å². The molecule has 0 spiro atoms. The van der Waals surface area contributed by atoms with E-state index in [0.717, 1.165) is 16.3 Å². The molecule has 1 aliphatic heterocycles. The Morgan fingerprint density at radius 2 is 1.72 bits per heavy atom. The van der Waals surface area contributed by atoms with Crippen molar-refractivity contribution in [1.29, 1.82) is 0 Å². The predicted octanol–water partition coefficient (Wildman–Crippen LogP) is 1.84. The number of hydrogen-bond acceptors (Lipinski definition) is 6. The molecule has 7 N–H and O–H groups in total. The molecule has 11 heteroatoms. The molecule has 226 valence electrons. The van der Waals surface area contributed by atoms with Gasteiger partial charge in [0.15, 0.2) is 0 Å². The largest absolute Gasteiger partial charge is 0.366 e. The van der Waals surface area contributed by atoms with E-state index in [0.29, 0.717) is 50.9 Å². The normalized spacial score (nSPS) is 15.1. The van der Waals surface area contributed by atoms with Gasteiger partial charge in [0.05, 0.1) is 13.0 Å². The first-order valence-corrected chi connectivity index (χ1v) is 14.5. The Hall–Kier alpha value is -4.77. The van der Waals surface area contributed by atoms with Crippen LogP contribution >= 0.6 is 0 Å². The molecule has 0 unspecified atom stereocenters. The fourth-order valence-corrected chi connectivity index (χ4v) is 5.32. The van der Waals surface area contributed by atoms with Crippen LogP contribution in [-0.2, 0) is 25.6 Å². The lowest BCUT2D eigenvalue weighted by molar-refractivity contribution is -0.138. The molecular formula is C32H38N6O5. The Labute approximate surface area is 250 Å². The lowest BCUT2D eigenvalue weighted by Crippen LogP contribution is -2.51. The third-order valence-corrected chi connectivity index (χ3v) is 7.53. The Morgan fingerprint density at radius 1 is 0.953 bits per heavy atom. The zero-order valence-corrected chi connectivity index (χ0v) is 24.0. The first-order chi connectivity index (χ1) is 20.8. The number of hydrogen-bond donors (Lipinski definition) is 5. The number of benzene rings is 3. The highest BCUT2D eigenvalue weighted by molar-refractivity contribution is 6.00. The van der Waals surface area contributed by atoms with Crippen LogP contribution in [0.1, 0.15) is 48.0 Å². The van der Waals surface area contributed by atoms with Gasteiger partial charge in [-0.1, -0.05) is 48.5 Å². The lowest BCUT2D eigenvalue weighted by atomic mass is 10.0. The van der Waals surface area contributed by atoms with Gasteiger partial charge in [0.2, 0.25) is 29.5 Å². The zero-order valence-electron chi connectivity index (χ0n) is 24.0. The monoisotopic (exact) mass is 586 g/mol. The molecule has 0 aliphatic carbocycles. The average molecular weight is 587 g/mol. The number of amides is 5. The Bertz CT molecular complexity index is 1490. The van der Waals surface area contributed by atoms with Crippen molar-refractivity contribution in [2.75, 3.05) is 25.0 Å². The SMILES string of the molecule is NCCCC[C@H](NC(=O)CNC(=O)[C@@H]1CCCN1C(=O)Cc1cccc2ccccc12)C(=O)Nc1cccc(C(N)=O)c1. The number of primary amides is 1. The van der Waals surface area contributed by atoms with Crippen molar-refractivity contribution >= 4 is 46.0 Å². The highest BCUT2D eigenvalue weighted by Crippen LogP contribution is 2.23. The molecule has 0 radical (unpaired) electrons. The van der Waals surface area contributed by atoms with Crippen LogP contribution in [0.3, 0.4) is 0 Å². The Balaban J connectivity index is 1.33. The number of anilines is 1. The van der Waals surface area contributed by atoms with E-state index < -0.39 is 35.7 Å². The molecular weight excluding hydrogens is 548 g/mol. The van der Waals surface area contributed by atoms with E-state index in [-0.39, 0.29) is 24.4 Å². The highest BCUT2D eigenvalue weighted by atomic mass is 16.2. The molecule has 43 heavy (non-hydrogen) atoms. The van der Waals surface area contributed by atoms with Gasteiger partial charge in [0.1, 0.15) is 12.1 Å². The van der Waals surface area contributed by atoms with E-state index in [1.54, 1.807) is 17.0 Å². The summed E-state index contributed by atoms with van der Waals surface area (Å²) < 4.78 is 0. The number of nitrogens with one attached hydrogen (secondary N) is 3. The molecule has 3 aromatic carbocycles. The van der Waals surface area contributed by atoms with Gasteiger partial charge in [0.25, 0.3) is 0 Å². The molecule has 1 aliphatic rings. The minimum atomic E-state index is -0.890. The number of likely N-dealkylation sites (tertiary alicyclic amines) is 1. The van der Waals surface area contributed by atoms with Gasteiger partial charge < -0.3 is 32.3 Å². The standard InChI is InChI=1S/C32H38N6O5/c33-16-4-3-14-26(31(42)36-24-12-6-11-23(18-24)30(34)41)37-28(39)20-35-32(43)27-15-7-17-38(27)29(40)19-22-10-5-9-21-8-1-2-13-25(21)22/h1-2,5-6,8-13,18,26-27H,3-4,7,14-17,19-20,33H2,(H2,34,41)(H,35,43)(H,36,42)(H,37,39)/t26-,27-/m0/s1. The van der Waals surface area contributed by atoms with Gasteiger partial charge in [0, 0.05) is 17.8 Å². The van der Waals surface area contributed by atoms with Crippen LogP contribution in [0.5, 0.6) is 0 Å². The molecule has 0 aromatic heterocycles. The van der Waals surface area contributed by atoms with Crippen LogP contribution in [0.2, 0.25) is 0 Å². The van der Waals surface area contributed by atoms with Crippen LogP contribution in [0, 0.1) is 0 Å². The van der Waals surface area contributed by atoms with Crippen LogP contribution in [0.4, 0.5) is 5.69 Å². The molecule has 3 aromatic rings. The maximum Gasteiger partial charge on any atom is 0.248 e. The summed E-state index contributed by atoms with van der Waals surface area (Å²) in [5.41, 5.74) is 12.4. The third-order valence-electron chi connectivity index (χ3n) is 7.53. The van der Waals surface area contributed by atoms with Crippen molar-refractivity contribution in [3.8, 4) is 0 Å². The second kappa shape index (κ2) is 14.9. The van der Waals surface area contributed by atoms with E-state index in [4.69, 9.17) is 11.5 Å². The van der Waals surface area contributed by atoms with Crippen molar-refractivity contribution in [2.45, 2.75) is 50.6 Å². The Morgan fingerprint density at radius 3 is 2.51 bits per heavy atom. The zero-order chi connectivity index (χ0) is 30.8. The average Bonchev–Trinajstić information content (AvgIpc) is 3.50. The Kier molecular flexibility index (Phi) is 10.8. The van der Waals surface area contributed by atoms with Crippen molar-refractivity contribution in [3.05, 3.63) is 77.9 Å². The topological polar surface area (TPSA) is 177 Å². The third kappa shape index (κ3) is 8.39. The molecule has 11 nitrogen and oxygen atoms in total. The number of rotatable bonds is 13. The second-order valence-electron chi connectivity index (χ2n) is 10.6. The van der Waals surface area contributed by atoms with E-state index in [9.17, 15) is 24.0 Å². The number of carbonyl (C=O) groups is 5. The maximum absolute atomic E-state index is 13.3. The molecule has 5 amide bonds. The number of carbonyl (C=O) groups excluding carboxylic acids is 5. The van der Waals surface area contributed by atoms with Gasteiger partial charge in [-0.05, 0) is 73.2 Å². The summed E-state index contributed by atoms with van der Waals surface area (Å²) in [5.74, 6) is -2.20. The fourth-order valence-electron chi connectivity index (χ4n) is 5.32. The summed E-state index contributed by atoms with van der Waals surface area (Å²) >= 11 is 0. The maximum atomic E-state index is 13.3. The summed E-state index contributed by atoms with van der Waals surface area (Å²) in [6, 6.07) is 18.3. The van der Waals surface area contributed by atoms with Crippen LogP contribution in [0.25, 0.3) is 10.8 Å². The quantitative estimate of drug-likeness (QED) is 0.191. The van der Waals surface area contributed by atoms with Crippen molar-refractivity contribution < 1.29 is 24.0 Å². The first kappa shape index (κ1) is 31.2. The van der Waals surface area contributed by atoms with Gasteiger partial charge >= 0.3 is 0 Å². The minimum Gasteiger partial charge on any atom is -0.366 e. The van der Waals surface area contributed by atoms with Crippen LogP contribution in [-0.4, -0.2) is 66.2 Å². The number of unbranched alkanes of at least 4 members (excludes halogenated alkanes) is 1. The van der Waals surface area contributed by atoms with Gasteiger partial charge in [-0.15, -0.1) is 0 Å². The van der Waals surface area contributed by atoms with Crippen molar-refractivity contribution in [3.63, 3.8) is 0 Å². The number of nitrogens with two attached hydrogens (primary N) is 2. The molecule has 0 saturated carbocycles. The number of fused-ring (bicyclic) bond motifs is 1. The summed E-state index contributed by atoms with van der Waals surface area (Å²) in [7, 11) is 0. The van der Waals surface area contributed by atoms with Gasteiger partial charge in [-0.3, -0.25) is 24.0 Å². The molecule has 2 atom stereocenters. The first-order valence-electron chi connectivity index (χ1n) is 14.5. The van der Waals surface area contributed by atoms with E-state index in [1.165, 1.54) is 12.1 Å². The number of nitrogens with zero attached hydrogens (tertiary/aromatic N) is 1. The lowest BCUT2D eigenvalue weighted by Gasteiger charge is -2.24. The van der Waals surface area contributed by atoms with Crippen molar-refractivity contribution in [2.24, 2.45) is 11.5 Å². The highest BCUT2D eigenvalue weighted by Gasteiger charge is 2.34. The summed E-state index contributed by atoms with van der Waals surface area (Å²) in [5, 5.41) is 10.1. The summed E-state index contributed by atoms with van der Waals surface area (Å²) in [6.07, 6.45) is 2.95. The molecule has 1 saturated heterocycles. The predicted molar refractivity (Wildman–Crippen MR) is 164 cm³/mol. The van der Waals surface area contributed by atoms with Crippen molar-refractivity contribution in [1.82, 2.24) is 15.5 Å². The van der Waals surface area contributed by atoms with Gasteiger partial charge in [-0.2, -0.15) is 0 Å². The fraction of sp³-hybridized carbons (Fsp3) is 0.344. The van der Waals surface area contributed by atoms with E-state index >= 15 is 0 Å². The molecule has 0 bridgehead atoms.